The molecule has 6 rings (SSSR count). The van der Waals surface area contributed by atoms with E-state index in [-0.39, 0.29) is 17.1 Å². The highest BCUT2D eigenvalue weighted by Crippen LogP contribution is 2.57. The highest BCUT2D eigenvalue weighted by molar-refractivity contribution is 6.02. The lowest BCUT2D eigenvalue weighted by Gasteiger charge is -2.46. The lowest BCUT2D eigenvalue weighted by Crippen LogP contribution is -2.47. The number of nitrogens with zero attached hydrogens (tertiary/aromatic N) is 1. The molecule has 0 aromatic heterocycles. The van der Waals surface area contributed by atoms with Crippen molar-refractivity contribution in [2.24, 2.45) is 28.3 Å². The van der Waals surface area contributed by atoms with Crippen LogP contribution in [-0.2, 0) is 4.79 Å². The quantitative estimate of drug-likeness (QED) is 0.619. The van der Waals surface area contributed by atoms with Crippen molar-refractivity contribution >= 4 is 22.9 Å². The SMILES string of the molecule is O=C(N/N=C\c1c(O)ccc2ccccc12)C12CC3C[C@@H](CC[C@H](C3)C1)C2. The maximum atomic E-state index is 13.1. The average Bonchev–Trinajstić information content (AvgIpc) is 2.89. The first kappa shape index (κ1) is 16.8. The summed E-state index contributed by atoms with van der Waals surface area (Å²) >= 11 is 0. The summed E-state index contributed by atoms with van der Waals surface area (Å²) in [6.07, 6.45) is 9.90. The van der Waals surface area contributed by atoms with Crippen molar-refractivity contribution in [2.45, 2.75) is 44.9 Å². The summed E-state index contributed by atoms with van der Waals surface area (Å²) in [6, 6.07) is 11.4. The van der Waals surface area contributed by atoms with Crippen molar-refractivity contribution in [1.29, 1.82) is 0 Å². The van der Waals surface area contributed by atoms with Gasteiger partial charge in [-0.15, -0.1) is 0 Å². The molecule has 0 aliphatic heterocycles. The number of fused-ring (bicyclic) bond motifs is 2. The van der Waals surface area contributed by atoms with E-state index in [1.165, 1.54) is 25.7 Å². The number of benzene rings is 2. The number of carbonyl (C=O) groups excluding carboxylic acids is 1. The maximum absolute atomic E-state index is 13.1. The first-order chi connectivity index (χ1) is 13.1. The van der Waals surface area contributed by atoms with Crippen LogP contribution in [0.3, 0.4) is 0 Å². The predicted molar refractivity (Wildman–Crippen MR) is 107 cm³/mol. The van der Waals surface area contributed by atoms with Crippen LogP contribution in [-0.4, -0.2) is 17.2 Å². The van der Waals surface area contributed by atoms with Gasteiger partial charge >= 0.3 is 0 Å². The van der Waals surface area contributed by atoms with Gasteiger partial charge in [-0.1, -0.05) is 43.2 Å². The Kier molecular flexibility index (Phi) is 3.96. The van der Waals surface area contributed by atoms with Gasteiger partial charge in [-0.05, 0) is 66.7 Å². The van der Waals surface area contributed by atoms with Gasteiger partial charge in [0.1, 0.15) is 5.75 Å². The van der Waals surface area contributed by atoms with Crippen LogP contribution in [0.25, 0.3) is 10.8 Å². The number of carbonyl (C=O) groups is 1. The van der Waals surface area contributed by atoms with Crippen molar-refractivity contribution in [2.75, 3.05) is 0 Å². The van der Waals surface area contributed by atoms with Gasteiger partial charge in [0, 0.05) is 5.56 Å². The van der Waals surface area contributed by atoms with E-state index in [4.69, 9.17) is 0 Å². The molecule has 0 heterocycles. The average molecular weight is 362 g/mol. The van der Waals surface area contributed by atoms with Gasteiger partial charge in [-0.25, -0.2) is 5.43 Å². The van der Waals surface area contributed by atoms with Gasteiger partial charge in [0.25, 0.3) is 0 Å². The van der Waals surface area contributed by atoms with Crippen molar-refractivity contribution in [1.82, 2.24) is 5.43 Å². The molecule has 0 saturated heterocycles. The van der Waals surface area contributed by atoms with Crippen LogP contribution >= 0.6 is 0 Å². The molecule has 4 saturated carbocycles. The van der Waals surface area contributed by atoms with Crippen LogP contribution in [0.15, 0.2) is 41.5 Å². The van der Waals surface area contributed by atoms with Crippen LogP contribution < -0.4 is 5.43 Å². The normalized spacial score (nSPS) is 32.1. The van der Waals surface area contributed by atoms with Gasteiger partial charge in [0.15, 0.2) is 0 Å². The summed E-state index contributed by atoms with van der Waals surface area (Å²) in [5.74, 6) is 2.42. The topological polar surface area (TPSA) is 61.7 Å². The number of aromatic hydroxyl groups is 1. The minimum Gasteiger partial charge on any atom is -0.507 e. The van der Waals surface area contributed by atoms with Crippen LogP contribution in [0.1, 0.15) is 50.5 Å². The Labute approximate surface area is 159 Å². The molecule has 4 fully saturated rings. The van der Waals surface area contributed by atoms with Gasteiger partial charge in [-0.2, -0.15) is 5.10 Å². The van der Waals surface area contributed by atoms with E-state index < -0.39 is 0 Å². The minimum atomic E-state index is -0.217. The van der Waals surface area contributed by atoms with Gasteiger partial charge in [-0.3, -0.25) is 4.79 Å². The zero-order valence-corrected chi connectivity index (χ0v) is 15.5. The van der Waals surface area contributed by atoms with Gasteiger partial charge in [0.05, 0.1) is 11.6 Å². The molecule has 4 bridgehead atoms. The highest BCUT2D eigenvalue weighted by atomic mass is 16.3. The number of phenolic OH excluding ortho intramolecular Hbond substituents is 1. The van der Waals surface area contributed by atoms with Crippen molar-refractivity contribution in [3.05, 3.63) is 42.0 Å². The largest absolute Gasteiger partial charge is 0.507 e. The summed E-state index contributed by atoms with van der Waals surface area (Å²) in [5, 5.41) is 16.5. The van der Waals surface area contributed by atoms with Crippen LogP contribution in [0.5, 0.6) is 5.75 Å². The Morgan fingerprint density at radius 1 is 1.04 bits per heavy atom. The molecule has 2 aromatic rings. The Morgan fingerprint density at radius 3 is 2.52 bits per heavy atom. The molecule has 4 heteroatoms. The second-order valence-corrected chi connectivity index (χ2v) is 8.96. The summed E-state index contributed by atoms with van der Waals surface area (Å²) in [6.45, 7) is 0. The molecule has 1 amide bonds. The van der Waals surface area contributed by atoms with Crippen molar-refractivity contribution in [3.8, 4) is 5.75 Å². The number of hydrazone groups is 1. The summed E-state index contributed by atoms with van der Waals surface area (Å²) in [4.78, 5) is 13.1. The molecule has 0 radical (unpaired) electrons. The Bertz CT molecular complexity index is 904. The monoisotopic (exact) mass is 362 g/mol. The van der Waals surface area contributed by atoms with Crippen LogP contribution in [0.2, 0.25) is 0 Å². The first-order valence-electron chi connectivity index (χ1n) is 10.2. The standard InChI is InChI=1S/C23H26N2O2/c26-21-8-7-18-3-1-2-4-19(18)20(21)14-24-25-22(27)23-11-15-5-6-16(12-23)10-17(9-15)13-23/h1-4,7-8,14-17,26H,5-6,9-13H2,(H,25,27)/b24-14-/t15-,16-,17?,23?/m1/s1. The van der Waals surface area contributed by atoms with Crippen molar-refractivity contribution in [3.63, 3.8) is 0 Å². The fraction of sp³-hybridized carbons (Fsp3) is 0.478. The fourth-order valence-electron chi connectivity index (χ4n) is 6.16. The second-order valence-electron chi connectivity index (χ2n) is 8.96. The number of hydrogen-bond acceptors (Lipinski definition) is 3. The molecule has 2 atom stereocenters. The molecule has 27 heavy (non-hydrogen) atoms. The molecule has 4 aliphatic carbocycles. The number of hydrogen-bond donors (Lipinski definition) is 2. The maximum Gasteiger partial charge on any atom is 0.246 e. The molecular weight excluding hydrogens is 336 g/mol. The molecule has 140 valence electrons. The second kappa shape index (κ2) is 6.36. The number of phenols is 1. The minimum absolute atomic E-state index is 0.0831. The summed E-state index contributed by atoms with van der Waals surface area (Å²) in [5.41, 5.74) is 3.26. The smallest absolute Gasteiger partial charge is 0.246 e. The van der Waals surface area contributed by atoms with Crippen molar-refractivity contribution < 1.29 is 9.90 Å². The number of rotatable bonds is 3. The Morgan fingerprint density at radius 2 is 1.74 bits per heavy atom. The zero-order valence-electron chi connectivity index (χ0n) is 15.5. The lowest BCUT2D eigenvalue weighted by atomic mass is 9.58. The number of amides is 1. The molecule has 0 unspecified atom stereocenters. The van der Waals surface area contributed by atoms with E-state index in [9.17, 15) is 9.90 Å². The van der Waals surface area contributed by atoms with Gasteiger partial charge in [0.2, 0.25) is 5.91 Å². The van der Waals surface area contributed by atoms with Crippen LogP contribution in [0, 0.1) is 23.2 Å². The van der Waals surface area contributed by atoms with E-state index in [0.717, 1.165) is 36.0 Å². The van der Waals surface area contributed by atoms with E-state index in [2.05, 4.69) is 10.5 Å². The third-order valence-electron chi connectivity index (χ3n) is 7.14. The Hall–Kier alpha value is -2.36. The van der Waals surface area contributed by atoms with E-state index in [1.54, 1.807) is 12.3 Å². The number of nitrogens with one attached hydrogen (secondary N) is 1. The highest BCUT2D eigenvalue weighted by Gasteiger charge is 2.52. The molecule has 4 nitrogen and oxygen atoms in total. The van der Waals surface area contributed by atoms with Crippen LogP contribution in [0.4, 0.5) is 0 Å². The predicted octanol–water partition coefficient (Wildman–Crippen LogP) is 4.60. The fourth-order valence-corrected chi connectivity index (χ4v) is 6.16. The lowest BCUT2D eigenvalue weighted by molar-refractivity contribution is -0.138. The molecule has 2 N–H and O–H groups in total. The summed E-state index contributed by atoms with van der Waals surface area (Å²) in [7, 11) is 0. The molecule has 2 aromatic carbocycles. The van der Waals surface area contributed by atoms with E-state index in [1.807, 2.05) is 30.3 Å². The first-order valence-corrected chi connectivity index (χ1v) is 10.2. The third kappa shape index (κ3) is 2.91. The zero-order chi connectivity index (χ0) is 18.4. The van der Waals surface area contributed by atoms with Gasteiger partial charge < -0.3 is 5.11 Å². The van der Waals surface area contributed by atoms with E-state index >= 15 is 0 Å². The molecular formula is C23H26N2O2. The third-order valence-corrected chi connectivity index (χ3v) is 7.14. The molecule has 4 aliphatic rings. The molecule has 0 spiro atoms. The summed E-state index contributed by atoms with van der Waals surface area (Å²) < 4.78 is 0. The Balaban J connectivity index is 1.38. The van der Waals surface area contributed by atoms with E-state index in [0.29, 0.717) is 17.4 Å².